The monoisotopic (exact) mass is 465 g/mol. The van der Waals surface area contributed by atoms with Crippen molar-refractivity contribution in [3.8, 4) is 5.75 Å². The Hall–Kier alpha value is -3.62. The van der Waals surface area contributed by atoms with Crippen molar-refractivity contribution in [1.82, 2.24) is 0 Å². The van der Waals surface area contributed by atoms with E-state index in [-0.39, 0.29) is 35.1 Å². The molecule has 0 fully saturated rings. The molecule has 0 unspecified atom stereocenters. The standard InChI is InChI=1S/C26H27NO7/c1-2-32-26-16(9-7-13-28)18(19-15-33-22-12-6-3-8-17(22)24(19)30)14-23(34-26)25(31)27-20-10-4-5-11-21(20)29/h3-6,8,10-12,14-16,18,26,28-29H,2,7,9,13H2,1H3,(H,27,31)/t16-,18-,26+/m0/s1. The van der Waals surface area contributed by atoms with Crippen LogP contribution in [0.15, 0.2) is 75.8 Å². The Morgan fingerprint density at radius 2 is 1.91 bits per heavy atom. The third-order valence-electron chi connectivity index (χ3n) is 5.85. The van der Waals surface area contributed by atoms with Gasteiger partial charge in [-0.2, -0.15) is 0 Å². The number of aromatic hydroxyl groups is 1. The van der Waals surface area contributed by atoms with Gasteiger partial charge in [-0.05, 0) is 50.1 Å². The lowest BCUT2D eigenvalue weighted by atomic mass is 9.81. The maximum Gasteiger partial charge on any atom is 0.290 e. The summed E-state index contributed by atoms with van der Waals surface area (Å²) in [6, 6.07) is 13.3. The zero-order valence-electron chi connectivity index (χ0n) is 18.8. The molecule has 1 aliphatic rings. The van der Waals surface area contributed by atoms with Gasteiger partial charge in [0.1, 0.15) is 11.3 Å². The Bertz CT molecular complexity index is 1250. The van der Waals surface area contributed by atoms with E-state index in [0.717, 1.165) is 0 Å². The van der Waals surface area contributed by atoms with Gasteiger partial charge in [-0.3, -0.25) is 9.59 Å². The van der Waals surface area contributed by atoms with Gasteiger partial charge in [-0.25, -0.2) is 0 Å². The van der Waals surface area contributed by atoms with Gasteiger partial charge in [0.2, 0.25) is 6.29 Å². The normalized spacial score (nSPS) is 19.9. The Labute approximate surface area is 196 Å². The van der Waals surface area contributed by atoms with Crippen LogP contribution in [-0.2, 0) is 14.3 Å². The number of nitrogens with one attached hydrogen (secondary N) is 1. The first-order valence-electron chi connectivity index (χ1n) is 11.2. The van der Waals surface area contributed by atoms with E-state index < -0.39 is 18.1 Å². The summed E-state index contributed by atoms with van der Waals surface area (Å²) in [6.45, 7) is 2.11. The molecule has 0 saturated carbocycles. The van der Waals surface area contributed by atoms with Crippen LogP contribution in [0.2, 0.25) is 0 Å². The fraction of sp³-hybridized carbons (Fsp3) is 0.308. The number of benzene rings is 2. The van der Waals surface area contributed by atoms with E-state index in [9.17, 15) is 19.8 Å². The number of para-hydroxylation sites is 3. The minimum atomic E-state index is -0.817. The zero-order valence-corrected chi connectivity index (χ0v) is 18.8. The summed E-state index contributed by atoms with van der Waals surface area (Å²) in [7, 11) is 0. The molecule has 0 spiro atoms. The summed E-state index contributed by atoms with van der Waals surface area (Å²) in [6.07, 6.45) is 3.17. The third kappa shape index (κ3) is 4.83. The van der Waals surface area contributed by atoms with Crippen LogP contribution < -0.4 is 10.7 Å². The highest BCUT2D eigenvalue weighted by Crippen LogP contribution is 2.39. The van der Waals surface area contributed by atoms with E-state index in [1.807, 2.05) is 6.92 Å². The molecule has 3 atom stereocenters. The first-order chi connectivity index (χ1) is 16.5. The number of ether oxygens (including phenoxy) is 2. The molecule has 0 radical (unpaired) electrons. The summed E-state index contributed by atoms with van der Waals surface area (Å²) < 4.78 is 17.5. The second kappa shape index (κ2) is 10.5. The minimum absolute atomic E-state index is 0.0282. The Balaban J connectivity index is 1.77. The molecule has 1 aliphatic heterocycles. The summed E-state index contributed by atoms with van der Waals surface area (Å²) in [5, 5.41) is 22.5. The summed E-state index contributed by atoms with van der Waals surface area (Å²) in [5.74, 6) is -1.58. The molecule has 1 amide bonds. The van der Waals surface area contributed by atoms with Crippen molar-refractivity contribution in [2.45, 2.75) is 32.0 Å². The molecule has 2 aromatic carbocycles. The van der Waals surface area contributed by atoms with Crippen molar-refractivity contribution >= 4 is 22.6 Å². The van der Waals surface area contributed by atoms with Gasteiger partial charge in [0.15, 0.2) is 11.2 Å². The van der Waals surface area contributed by atoms with Gasteiger partial charge < -0.3 is 29.4 Å². The van der Waals surface area contributed by atoms with Crippen molar-refractivity contribution in [2.24, 2.45) is 5.92 Å². The lowest BCUT2D eigenvalue weighted by Gasteiger charge is -2.36. The van der Waals surface area contributed by atoms with Crippen LogP contribution in [0.5, 0.6) is 5.75 Å². The maximum atomic E-state index is 13.4. The van der Waals surface area contributed by atoms with Crippen LogP contribution in [0.1, 0.15) is 31.2 Å². The molecular formula is C26H27NO7. The largest absolute Gasteiger partial charge is 0.506 e. The van der Waals surface area contributed by atoms with Crippen molar-refractivity contribution in [3.63, 3.8) is 0 Å². The number of allylic oxidation sites excluding steroid dienone is 1. The lowest BCUT2D eigenvalue weighted by molar-refractivity contribution is -0.165. The van der Waals surface area contributed by atoms with Gasteiger partial charge in [0.25, 0.3) is 5.91 Å². The molecule has 178 valence electrons. The Morgan fingerprint density at radius 1 is 1.15 bits per heavy atom. The highest BCUT2D eigenvalue weighted by Gasteiger charge is 2.39. The highest BCUT2D eigenvalue weighted by atomic mass is 16.7. The van der Waals surface area contributed by atoms with Crippen molar-refractivity contribution in [1.29, 1.82) is 0 Å². The number of aliphatic hydroxyl groups excluding tert-OH is 1. The topological polar surface area (TPSA) is 118 Å². The number of carbonyl (C=O) groups is 1. The van der Waals surface area contributed by atoms with Crippen LogP contribution in [-0.4, -0.2) is 35.6 Å². The number of amides is 1. The molecule has 8 nitrogen and oxygen atoms in total. The molecule has 2 heterocycles. The molecule has 8 heteroatoms. The van der Waals surface area contributed by atoms with Crippen LogP contribution in [0.25, 0.3) is 11.0 Å². The third-order valence-corrected chi connectivity index (χ3v) is 5.85. The number of phenolic OH excluding ortho intramolecular Hbond substituents is 1. The maximum absolute atomic E-state index is 13.4. The molecule has 4 rings (SSSR count). The fourth-order valence-electron chi connectivity index (χ4n) is 4.21. The minimum Gasteiger partial charge on any atom is -0.506 e. The summed E-state index contributed by atoms with van der Waals surface area (Å²) in [5.41, 5.74) is 0.879. The Morgan fingerprint density at radius 3 is 2.68 bits per heavy atom. The quantitative estimate of drug-likeness (QED) is 0.432. The van der Waals surface area contributed by atoms with Gasteiger partial charge in [-0.15, -0.1) is 0 Å². The highest BCUT2D eigenvalue weighted by molar-refractivity contribution is 6.03. The number of carbonyl (C=O) groups excluding carboxylic acids is 1. The number of fused-ring (bicyclic) bond motifs is 1. The first kappa shape index (κ1) is 23.5. The van der Waals surface area contributed by atoms with E-state index in [1.54, 1.807) is 48.5 Å². The SMILES string of the molecule is CCO[C@@H]1OC(C(=O)Nc2ccccc2O)=C[C@H](c2coc3ccccc3c2=O)[C@@H]1CCCO. The number of phenols is 1. The fourth-order valence-corrected chi connectivity index (χ4v) is 4.21. The van der Waals surface area contributed by atoms with Crippen LogP contribution in [0.3, 0.4) is 0 Å². The molecular weight excluding hydrogens is 438 g/mol. The lowest BCUT2D eigenvalue weighted by Crippen LogP contribution is -2.38. The smallest absolute Gasteiger partial charge is 0.290 e. The van der Waals surface area contributed by atoms with Crippen molar-refractivity contribution < 1.29 is 28.9 Å². The molecule has 1 aromatic heterocycles. The average molecular weight is 466 g/mol. The van der Waals surface area contributed by atoms with Gasteiger partial charge >= 0.3 is 0 Å². The first-order valence-corrected chi connectivity index (χ1v) is 11.2. The van der Waals surface area contributed by atoms with Crippen molar-refractivity contribution in [3.05, 3.63) is 82.4 Å². The number of aliphatic hydroxyl groups is 1. The number of hydrogen-bond donors (Lipinski definition) is 3. The number of hydrogen-bond acceptors (Lipinski definition) is 7. The number of rotatable bonds is 8. The van der Waals surface area contributed by atoms with Gasteiger partial charge in [-0.1, -0.05) is 24.3 Å². The number of anilines is 1. The summed E-state index contributed by atoms with van der Waals surface area (Å²) >= 11 is 0. The van der Waals surface area contributed by atoms with E-state index >= 15 is 0 Å². The molecule has 0 aliphatic carbocycles. The van der Waals surface area contributed by atoms with Crippen LogP contribution >= 0.6 is 0 Å². The van der Waals surface area contributed by atoms with E-state index in [0.29, 0.717) is 36.0 Å². The second-order valence-corrected chi connectivity index (χ2v) is 8.02. The molecule has 3 aromatic rings. The van der Waals surface area contributed by atoms with Gasteiger partial charge in [0, 0.05) is 30.6 Å². The predicted molar refractivity (Wildman–Crippen MR) is 126 cm³/mol. The summed E-state index contributed by atoms with van der Waals surface area (Å²) in [4.78, 5) is 26.4. The molecule has 34 heavy (non-hydrogen) atoms. The zero-order chi connectivity index (χ0) is 24.1. The van der Waals surface area contributed by atoms with E-state index in [4.69, 9.17) is 13.9 Å². The van der Waals surface area contributed by atoms with E-state index in [1.165, 1.54) is 12.3 Å². The average Bonchev–Trinajstić information content (AvgIpc) is 2.85. The molecule has 3 N–H and O–H groups in total. The predicted octanol–water partition coefficient (Wildman–Crippen LogP) is 3.89. The van der Waals surface area contributed by atoms with Crippen LogP contribution in [0, 0.1) is 5.92 Å². The van der Waals surface area contributed by atoms with Crippen LogP contribution in [0.4, 0.5) is 5.69 Å². The Kier molecular flexibility index (Phi) is 7.30. The second-order valence-electron chi connectivity index (χ2n) is 8.02. The van der Waals surface area contributed by atoms with Gasteiger partial charge in [0.05, 0.1) is 17.3 Å². The molecule has 0 bridgehead atoms. The van der Waals surface area contributed by atoms with Crippen molar-refractivity contribution in [2.75, 3.05) is 18.5 Å². The molecule has 0 saturated heterocycles. The van der Waals surface area contributed by atoms with E-state index in [2.05, 4.69) is 5.32 Å².